The van der Waals surface area contributed by atoms with Crippen molar-refractivity contribution in [2.75, 3.05) is 0 Å². The topological polar surface area (TPSA) is 24.1 Å². The van der Waals surface area contributed by atoms with E-state index in [1.165, 1.54) is 0 Å². The van der Waals surface area contributed by atoms with Crippen LogP contribution in [0.3, 0.4) is 0 Å². The molecule has 3 rings (SSSR count). The van der Waals surface area contributed by atoms with E-state index in [0.717, 1.165) is 23.2 Å². The van der Waals surface area contributed by atoms with E-state index in [4.69, 9.17) is 11.6 Å². The highest BCUT2D eigenvalue weighted by Crippen LogP contribution is 2.30. The summed E-state index contributed by atoms with van der Waals surface area (Å²) >= 11 is 6.24. The number of aryl methyl sites for hydroxylation is 1. The van der Waals surface area contributed by atoms with Crippen molar-refractivity contribution < 1.29 is 9.67 Å². The minimum absolute atomic E-state index is 0.191. The van der Waals surface area contributed by atoms with Crippen LogP contribution in [0.1, 0.15) is 12.6 Å². The molecule has 0 bridgehead atoms. The van der Waals surface area contributed by atoms with Crippen LogP contribution in [0.15, 0.2) is 54.6 Å². The minimum atomic E-state index is 0.191. The Balaban J connectivity index is 2.41. The molecule has 0 unspecified atom stereocenters. The third-order valence-corrected chi connectivity index (χ3v) is 3.78. The van der Waals surface area contributed by atoms with Crippen LogP contribution in [0.4, 0.5) is 0 Å². The third-order valence-electron chi connectivity index (χ3n) is 3.47. The molecule has 0 radical (unpaired) electrons. The number of halogens is 1. The highest BCUT2D eigenvalue weighted by molar-refractivity contribution is 6.35. The molecule has 0 aliphatic rings. The zero-order chi connectivity index (χ0) is 14.1. The Morgan fingerprint density at radius 3 is 2.50 bits per heavy atom. The van der Waals surface area contributed by atoms with Crippen LogP contribution in [0.2, 0.25) is 5.02 Å². The molecular weight excluding hydrogens is 270 g/mol. The molecule has 1 N–H and O–H groups in total. The lowest BCUT2D eigenvalue weighted by atomic mass is 10.1. The van der Waals surface area contributed by atoms with Crippen LogP contribution in [0.25, 0.3) is 16.5 Å². The van der Waals surface area contributed by atoms with Crippen molar-refractivity contribution in [3.63, 3.8) is 0 Å². The summed E-state index contributed by atoms with van der Waals surface area (Å²) in [5, 5.41) is 12.9. The normalized spacial score (nSPS) is 10.9. The zero-order valence-electron chi connectivity index (χ0n) is 11.2. The largest absolute Gasteiger partial charge is 0.459 e. The Bertz CT molecular complexity index is 769. The fourth-order valence-corrected chi connectivity index (χ4v) is 2.78. The van der Waals surface area contributed by atoms with Gasteiger partial charge in [0.2, 0.25) is 5.69 Å². The minimum Gasteiger partial charge on any atom is -0.459 e. The maximum atomic E-state index is 10.7. The number of hydrogen-bond donors (Lipinski definition) is 1. The average molecular weight is 285 g/mol. The van der Waals surface area contributed by atoms with Crippen LogP contribution >= 0.6 is 11.6 Å². The van der Waals surface area contributed by atoms with Crippen molar-refractivity contribution in [2.24, 2.45) is 0 Å². The van der Waals surface area contributed by atoms with Crippen molar-refractivity contribution in [3.8, 4) is 11.6 Å². The first-order chi connectivity index (χ1) is 9.72. The molecule has 0 aliphatic carbocycles. The van der Waals surface area contributed by atoms with Crippen molar-refractivity contribution >= 4 is 22.4 Å². The fourth-order valence-electron chi connectivity index (χ4n) is 2.51. The van der Waals surface area contributed by atoms with Gasteiger partial charge in [-0.25, -0.2) is 0 Å². The van der Waals surface area contributed by atoms with Gasteiger partial charge in [0.25, 0.3) is 0 Å². The maximum Gasteiger partial charge on any atom is 0.381 e. The smallest absolute Gasteiger partial charge is 0.381 e. The van der Waals surface area contributed by atoms with Crippen LogP contribution in [0, 0.1) is 0 Å². The van der Waals surface area contributed by atoms with Crippen LogP contribution in [-0.2, 0) is 6.42 Å². The second-order valence-corrected chi connectivity index (χ2v) is 5.10. The molecule has 3 aromatic rings. The van der Waals surface area contributed by atoms with E-state index in [1.54, 1.807) is 6.07 Å². The van der Waals surface area contributed by atoms with E-state index < -0.39 is 0 Å². The first kappa shape index (κ1) is 12.9. The van der Waals surface area contributed by atoms with Crippen molar-refractivity contribution in [2.45, 2.75) is 13.3 Å². The summed E-state index contributed by atoms with van der Waals surface area (Å²) in [6.45, 7) is 2.07. The summed E-state index contributed by atoms with van der Waals surface area (Å²) in [5.41, 5.74) is 1.98. The molecule has 0 amide bonds. The summed E-state index contributed by atoms with van der Waals surface area (Å²) in [6.07, 6.45) is 0.824. The number of fused-ring (bicyclic) bond motifs is 1. The molecule has 1 heterocycles. The van der Waals surface area contributed by atoms with E-state index in [2.05, 4.69) is 13.0 Å². The molecule has 0 atom stereocenters. The summed E-state index contributed by atoms with van der Waals surface area (Å²) in [6, 6.07) is 17.6. The third kappa shape index (κ3) is 2.02. The fraction of sp³-hybridized carbons (Fsp3) is 0.118. The molecule has 0 aliphatic heterocycles. The molecule has 0 spiro atoms. The Hall–Kier alpha value is -2.06. The number of para-hydroxylation sites is 1. The van der Waals surface area contributed by atoms with Gasteiger partial charge in [-0.05, 0) is 11.5 Å². The van der Waals surface area contributed by atoms with Gasteiger partial charge in [-0.1, -0.05) is 48.9 Å². The standard InChI is InChI=1S/C17H14ClNO/c1-2-13-11-12-7-6-10-15(18)16(12)17(20)19(13)14-8-4-3-5-9-14/h3-11H,2H2,1H3/p+1. The van der Waals surface area contributed by atoms with E-state index >= 15 is 0 Å². The molecule has 100 valence electrons. The van der Waals surface area contributed by atoms with Crippen LogP contribution in [-0.4, -0.2) is 5.11 Å². The Labute approximate surface area is 122 Å². The maximum absolute atomic E-state index is 10.7. The van der Waals surface area contributed by atoms with Gasteiger partial charge in [0.1, 0.15) is 5.39 Å². The second-order valence-electron chi connectivity index (χ2n) is 4.69. The number of pyridine rings is 1. The summed E-state index contributed by atoms with van der Waals surface area (Å²) in [7, 11) is 0. The van der Waals surface area contributed by atoms with Crippen molar-refractivity contribution in [3.05, 3.63) is 65.3 Å². The first-order valence-electron chi connectivity index (χ1n) is 6.63. The molecule has 0 saturated carbocycles. The van der Waals surface area contributed by atoms with Crippen LogP contribution < -0.4 is 4.57 Å². The van der Waals surface area contributed by atoms with Gasteiger partial charge in [-0.3, -0.25) is 0 Å². The van der Waals surface area contributed by atoms with Crippen molar-refractivity contribution in [1.82, 2.24) is 0 Å². The van der Waals surface area contributed by atoms with Gasteiger partial charge in [0.15, 0.2) is 5.69 Å². The quantitative estimate of drug-likeness (QED) is 0.706. The summed E-state index contributed by atoms with van der Waals surface area (Å²) < 4.78 is 1.86. The Kier molecular flexibility index (Phi) is 3.33. The van der Waals surface area contributed by atoms with Crippen molar-refractivity contribution in [1.29, 1.82) is 0 Å². The van der Waals surface area contributed by atoms with Gasteiger partial charge in [0.05, 0.1) is 5.02 Å². The van der Waals surface area contributed by atoms with Gasteiger partial charge >= 0.3 is 5.88 Å². The monoisotopic (exact) mass is 284 g/mol. The van der Waals surface area contributed by atoms with E-state index in [9.17, 15) is 5.11 Å². The molecule has 1 aromatic heterocycles. The van der Waals surface area contributed by atoms with Gasteiger partial charge in [0, 0.05) is 24.6 Å². The highest BCUT2D eigenvalue weighted by atomic mass is 35.5. The number of hydrogen-bond acceptors (Lipinski definition) is 1. The van der Waals surface area contributed by atoms with Crippen LogP contribution in [0.5, 0.6) is 5.88 Å². The number of rotatable bonds is 2. The predicted molar refractivity (Wildman–Crippen MR) is 81.5 cm³/mol. The lowest BCUT2D eigenvalue weighted by molar-refractivity contribution is -0.610. The zero-order valence-corrected chi connectivity index (χ0v) is 11.9. The lowest BCUT2D eigenvalue weighted by Gasteiger charge is -2.07. The average Bonchev–Trinajstić information content (AvgIpc) is 2.47. The van der Waals surface area contributed by atoms with E-state index in [1.807, 2.05) is 47.0 Å². The van der Waals surface area contributed by atoms with E-state index in [0.29, 0.717) is 10.4 Å². The molecule has 2 aromatic carbocycles. The summed E-state index contributed by atoms with van der Waals surface area (Å²) in [5.74, 6) is 0.191. The molecule has 20 heavy (non-hydrogen) atoms. The van der Waals surface area contributed by atoms with Gasteiger partial charge in [-0.2, -0.15) is 0 Å². The molecular formula is C17H15ClNO+. The van der Waals surface area contributed by atoms with Gasteiger partial charge in [-0.15, -0.1) is 4.57 Å². The molecule has 0 fully saturated rings. The van der Waals surface area contributed by atoms with E-state index in [-0.39, 0.29) is 5.88 Å². The highest BCUT2D eigenvalue weighted by Gasteiger charge is 2.23. The Morgan fingerprint density at radius 2 is 1.80 bits per heavy atom. The SMILES string of the molecule is CCc1cc2cccc(Cl)c2c(O)[n+]1-c1ccccc1. The number of aromatic nitrogens is 1. The summed E-state index contributed by atoms with van der Waals surface area (Å²) in [4.78, 5) is 0. The second kappa shape index (κ2) is 5.14. The first-order valence-corrected chi connectivity index (χ1v) is 7.00. The number of nitrogens with zero attached hydrogens (tertiary/aromatic N) is 1. The molecule has 0 saturated heterocycles. The Morgan fingerprint density at radius 1 is 1.05 bits per heavy atom. The van der Waals surface area contributed by atoms with Gasteiger partial charge < -0.3 is 5.11 Å². The predicted octanol–water partition coefficient (Wildman–Crippen LogP) is 4.04. The number of aromatic hydroxyl groups is 1. The molecule has 2 nitrogen and oxygen atoms in total. The molecule has 3 heteroatoms. The number of benzene rings is 2. The lowest BCUT2D eigenvalue weighted by Crippen LogP contribution is -2.35.